The Morgan fingerprint density at radius 1 is 1.08 bits per heavy atom. The molecule has 0 aliphatic carbocycles. The van der Waals surface area contributed by atoms with Crippen LogP contribution in [0.2, 0.25) is 5.02 Å². The summed E-state index contributed by atoms with van der Waals surface area (Å²) in [4.78, 5) is 13.8. The molecule has 0 saturated carbocycles. The van der Waals surface area contributed by atoms with Gasteiger partial charge in [-0.15, -0.1) is 4.83 Å². The van der Waals surface area contributed by atoms with E-state index >= 15 is 0 Å². The van der Waals surface area contributed by atoms with E-state index in [1.165, 1.54) is 12.1 Å². The van der Waals surface area contributed by atoms with Gasteiger partial charge in [-0.05, 0) is 61.4 Å². The zero-order chi connectivity index (χ0) is 17.7. The smallest absolute Gasteiger partial charge is 0.272 e. The van der Waals surface area contributed by atoms with E-state index in [9.17, 15) is 13.2 Å². The maximum Gasteiger partial charge on any atom is 0.272 e. The number of carbonyl (C=O) groups excluding carboxylic acids is 1. The molecule has 0 spiro atoms. The van der Waals surface area contributed by atoms with E-state index in [2.05, 4.69) is 5.43 Å². The fraction of sp³-hybridized carbons (Fsp3) is 0.188. The van der Waals surface area contributed by atoms with Crippen molar-refractivity contribution in [3.8, 4) is 5.75 Å². The third-order valence-corrected chi connectivity index (χ3v) is 4.79. The second kappa shape index (κ2) is 7.65. The zero-order valence-corrected chi connectivity index (χ0v) is 14.7. The molecular formula is C16H17ClN2O4S. The predicted molar refractivity (Wildman–Crippen MR) is 91.3 cm³/mol. The van der Waals surface area contributed by atoms with Crippen LogP contribution in [0.25, 0.3) is 0 Å². The normalized spacial score (nSPS) is 11.1. The number of sulfonamides is 1. The van der Waals surface area contributed by atoms with Crippen LogP contribution in [-0.2, 0) is 14.8 Å². The standard InChI is InChI=1S/C16H17ClN2O4S/c1-11-3-8-15(9-12(11)2)24(21,22)19-18-16(20)10-23-14-6-4-13(17)5-7-14/h3-9,19H,10H2,1-2H3,(H,18,20). The number of aryl methyl sites for hydroxylation is 2. The number of ether oxygens (including phenoxy) is 1. The Kier molecular flexibility index (Phi) is 5.82. The second-order valence-corrected chi connectivity index (χ2v) is 7.26. The number of hydrogen-bond donors (Lipinski definition) is 2. The van der Waals surface area contributed by atoms with E-state index in [0.29, 0.717) is 10.8 Å². The van der Waals surface area contributed by atoms with Gasteiger partial charge in [-0.2, -0.15) is 0 Å². The van der Waals surface area contributed by atoms with Crippen molar-refractivity contribution in [2.24, 2.45) is 0 Å². The Hall–Kier alpha value is -2.09. The molecule has 0 aromatic heterocycles. The van der Waals surface area contributed by atoms with Gasteiger partial charge in [-0.3, -0.25) is 10.2 Å². The molecule has 0 fully saturated rings. The highest BCUT2D eigenvalue weighted by Crippen LogP contribution is 2.15. The first-order valence-corrected chi connectivity index (χ1v) is 8.90. The van der Waals surface area contributed by atoms with Crippen LogP contribution in [-0.4, -0.2) is 20.9 Å². The topological polar surface area (TPSA) is 84.5 Å². The molecule has 0 atom stereocenters. The first-order chi connectivity index (χ1) is 11.3. The van der Waals surface area contributed by atoms with Crippen LogP contribution in [0.1, 0.15) is 11.1 Å². The summed E-state index contributed by atoms with van der Waals surface area (Å²) in [6.45, 7) is 3.36. The van der Waals surface area contributed by atoms with E-state index in [-0.39, 0.29) is 11.5 Å². The van der Waals surface area contributed by atoms with Gasteiger partial charge in [0, 0.05) is 5.02 Å². The van der Waals surface area contributed by atoms with Gasteiger partial charge in [0.25, 0.3) is 15.9 Å². The Balaban J connectivity index is 1.90. The number of nitrogens with one attached hydrogen (secondary N) is 2. The zero-order valence-electron chi connectivity index (χ0n) is 13.2. The summed E-state index contributed by atoms with van der Waals surface area (Å²) in [6.07, 6.45) is 0. The first-order valence-electron chi connectivity index (χ1n) is 7.04. The van der Waals surface area contributed by atoms with Crippen molar-refractivity contribution in [2.75, 3.05) is 6.61 Å². The number of benzene rings is 2. The van der Waals surface area contributed by atoms with Crippen molar-refractivity contribution in [3.05, 3.63) is 58.6 Å². The quantitative estimate of drug-likeness (QED) is 0.766. The van der Waals surface area contributed by atoms with Crippen LogP contribution in [0.15, 0.2) is 47.4 Å². The van der Waals surface area contributed by atoms with Gasteiger partial charge in [0.05, 0.1) is 4.90 Å². The average molecular weight is 369 g/mol. The number of carbonyl (C=O) groups is 1. The molecule has 0 aliphatic rings. The third kappa shape index (κ3) is 4.95. The summed E-state index contributed by atoms with van der Waals surface area (Å²) < 4.78 is 29.5. The summed E-state index contributed by atoms with van der Waals surface area (Å²) in [6, 6.07) is 11.2. The molecule has 2 N–H and O–H groups in total. The van der Waals surface area contributed by atoms with Gasteiger partial charge in [0.1, 0.15) is 5.75 Å². The lowest BCUT2D eigenvalue weighted by Crippen LogP contribution is -2.43. The molecule has 1 amide bonds. The van der Waals surface area contributed by atoms with E-state index in [4.69, 9.17) is 16.3 Å². The fourth-order valence-electron chi connectivity index (χ4n) is 1.78. The number of halogens is 1. The van der Waals surface area contributed by atoms with Crippen LogP contribution in [0, 0.1) is 13.8 Å². The molecule has 0 unspecified atom stereocenters. The maximum atomic E-state index is 12.1. The average Bonchev–Trinajstić information content (AvgIpc) is 2.55. The highest BCUT2D eigenvalue weighted by atomic mass is 35.5. The number of rotatable bonds is 6. The van der Waals surface area contributed by atoms with E-state index in [0.717, 1.165) is 11.1 Å². The maximum absolute atomic E-state index is 12.1. The monoisotopic (exact) mass is 368 g/mol. The summed E-state index contributed by atoms with van der Waals surface area (Å²) >= 11 is 5.74. The van der Waals surface area contributed by atoms with E-state index < -0.39 is 15.9 Å². The second-order valence-electron chi connectivity index (χ2n) is 5.14. The molecule has 0 radical (unpaired) electrons. The van der Waals surface area contributed by atoms with Gasteiger partial charge < -0.3 is 4.74 Å². The molecule has 0 aliphatic heterocycles. The van der Waals surface area contributed by atoms with Crippen molar-refractivity contribution < 1.29 is 17.9 Å². The van der Waals surface area contributed by atoms with Gasteiger partial charge in [0.15, 0.2) is 6.61 Å². The molecule has 0 heterocycles. The third-order valence-electron chi connectivity index (χ3n) is 3.30. The number of hydrogen-bond acceptors (Lipinski definition) is 4. The Bertz CT molecular complexity index is 836. The van der Waals surface area contributed by atoms with Gasteiger partial charge in [-0.25, -0.2) is 8.42 Å². The molecule has 2 aromatic carbocycles. The Morgan fingerprint density at radius 2 is 1.75 bits per heavy atom. The van der Waals surface area contributed by atoms with E-state index in [1.807, 2.05) is 18.7 Å². The lowest BCUT2D eigenvalue weighted by atomic mass is 10.1. The molecule has 0 saturated heterocycles. The van der Waals surface area contributed by atoms with Crippen molar-refractivity contribution in [2.45, 2.75) is 18.7 Å². The summed E-state index contributed by atoms with van der Waals surface area (Å²) in [5, 5.41) is 0.549. The van der Waals surface area contributed by atoms with Crippen molar-refractivity contribution in [1.82, 2.24) is 10.3 Å². The largest absolute Gasteiger partial charge is 0.484 e. The van der Waals surface area contributed by atoms with Crippen LogP contribution in [0.5, 0.6) is 5.75 Å². The van der Waals surface area contributed by atoms with E-state index in [1.54, 1.807) is 30.3 Å². The van der Waals surface area contributed by atoms with Gasteiger partial charge >= 0.3 is 0 Å². The lowest BCUT2D eigenvalue weighted by Gasteiger charge is -2.10. The number of amides is 1. The predicted octanol–water partition coefficient (Wildman–Crippen LogP) is 2.35. The van der Waals surface area contributed by atoms with Crippen molar-refractivity contribution in [1.29, 1.82) is 0 Å². The summed E-state index contributed by atoms with van der Waals surface area (Å²) in [5.74, 6) is -0.177. The highest BCUT2D eigenvalue weighted by Gasteiger charge is 2.15. The van der Waals surface area contributed by atoms with Crippen LogP contribution < -0.4 is 15.0 Å². The van der Waals surface area contributed by atoms with Crippen molar-refractivity contribution >= 4 is 27.5 Å². The lowest BCUT2D eigenvalue weighted by molar-refractivity contribution is -0.123. The molecule has 128 valence electrons. The molecule has 8 heteroatoms. The molecule has 2 aromatic rings. The summed E-state index contributed by atoms with van der Waals surface area (Å²) in [5.41, 5.74) is 3.93. The van der Waals surface area contributed by atoms with Gasteiger partial charge in [-0.1, -0.05) is 17.7 Å². The molecule has 0 bridgehead atoms. The molecule has 24 heavy (non-hydrogen) atoms. The molecular weight excluding hydrogens is 352 g/mol. The van der Waals surface area contributed by atoms with Crippen molar-refractivity contribution in [3.63, 3.8) is 0 Å². The minimum absolute atomic E-state index is 0.0736. The first kappa shape index (κ1) is 18.3. The minimum atomic E-state index is -3.84. The van der Waals surface area contributed by atoms with Crippen LogP contribution >= 0.6 is 11.6 Å². The molecule has 2 rings (SSSR count). The summed E-state index contributed by atoms with van der Waals surface area (Å²) in [7, 11) is -3.84. The fourth-order valence-corrected chi connectivity index (χ4v) is 2.85. The Morgan fingerprint density at radius 3 is 2.38 bits per heavy atom. The number of hydrazine groups is 1. The minimum Gasteiger partial charge on any atom is -0.484 e. The van der Waals surface area contributed by atoms with Gasteiger partial charge in [0.2, 0.25) is 0 Å². The Labute approximate surface area is 145 Å². The molecule has 6 nitrogen and oxygen atoms in total. The highest BCUT2D eigenvalue weighted by molar-refractivity contribution is 7.89. The SMILES string of the molecule is Cc1ccc(S(=O)(=O)NNC(=O)COc2ccc(Cl)cc2)cc1C. The van der Waals surface area contributed by atoms with Crippen LogP contribution in [0.3, 0.4) is 0 Å². The van der Waals surface area contributed by atoms with Crippen LogP contribution in [0.4, 0.5) is 0 Å².